The maximum atomic E-state index is 11.1. The molecule has 2 rings (SSSR count). The molecule has 82 valence electrons. The van der Waals surface area contributed by atoms with Gasteiger partial charge in [0.15, 0.2) is 0 Å². The van der Waals surface area contributed by atoms with Gasteiger partial charge in [0, 0.05) is 6.54 Å². The maximum absolute atomic E-state index is 11.1. The number of amides is 2. The highest BCUT2D eigenvalue weighted by atomic mass is 35.5. The van der Waals surface area contributed by atoms with E-state index in [0.29, 0.717) is 0 Å². The van der Waals surface area contributed by atoms with Crippen molar-refractivity contribution in [2.45, 2.75) is 18.9 Å². The topological polar surface area (TPSA) is 46.3 Å². The van der Waals surface area contributed by atoms with Gasteiger partial charge in [-0.2, -0.15) is 0 Å². The number of urea groups is 1. The zero-order chi connectivity index (χ0) is 9.97. The quantitative estimate of drug-likeness (QED) is 0.785. The van der Waals surface area contributed by atoms with Crippen molar-refractivity contribution in [3.05, 3.63) is 35.9 Å². The van der Waals surface area contributed by atoms with E-state index >= 15 is 0 Å². The predicted octanol–water partition coefficient (Wildman–Crippen LogP) is 2.32. The number of halogens is 1. The highest BCUT2D eigenvalue weighted by molar-refractivity contribution is 5.85. The molecule has 0 saturated carbocycles. The minimum atomic E-state index is -0.309. The second kappa shape index (κ2) is 5.03. The second-order valence-electron chi connectivity index (χ2n) is 3.60. The molecule has 0 bridgehead atoms. The first-order chi connectivity index (χ1) is 6.79. The molecule has 0 spiro atoms. The number of hydrogen-bond acceptors (Lipinski definition) is 1. The summed E-state index contributed by atoms with van der Waals surface area (Å²) in [6.45, 7) is 0.787. The lowest BCUT2D eigenvalue weighted by Crippen LogP contribution is -2.35. The molecule has 0 radical (unpaired) electrons. The summed E-state index contributed by atoms with van der Waals surface area (Å²) in [4.78, 5) is 12.9. The Bertz CT molecular complexity index is 329. The zero-order valence-electron chi connectivity index (χ0n) is 8.43. The van der Waals surface area contributed by atoms with Gasteiger partial charge in [-0.05, 0) is 18.4 Å². The second-order valence-corrected chi connectivity index (χ2v) is 3.60. The first kappa shape index (κ1) is 11.9. The monoisotopic (exact) mass is 226 g/mol. The van der Waals surface area contributed by atoms with Gasteiger partial charge in [-0.1, -0.05) is 30.3 Å². The Morgan fingerprint density at radius 1 is 1.33 bits per heavy atom. The molecule has 0 aliphatic carbocycles. The van der Waals surface area contributed by atoms with Gasteiger partial charge in [-0.3, -0.25) is 0 Å². The van der Waals surface area contributed by atoms with Crippen molar-refractivity contribution in [1.29, 1.82) is 0 Å². The number of nitrogens with zero attached hydrogens (tertiary/aromatic N) is 1. The van der Waals surface area contributed by atoms with Gasteiger partial charge < -0.3 is 10.6 Å². The summed E-state index contributed by atoms with van der Waals surface area (Å²) in [5, 5.41) is 0. The lowest BCUT2D eigenvalue weighted by molar-refractivity contribution is 0.203. The van der Waals surface area contributed by atoms with Crippen LogP contribution in [-0.2, 0) is 0 Å². The van der Waals surface area contributed by atoms with Crippen LogP contribution in [0.2, 0.25) is 0 Å². The molecule has 1 aliphatic heterocycles. The van der Waals surface area contributed by atoms with Crippen molar-refractivity contribution in [1.82, 2.24) is 4.90 Å². The molecule has 2 N–H and O–H groups in total. The average molecular weight is 227 g/mol. The SMILES string of the molecule is Cl.NC(=O)N1CCCC1c1ccccc1. The number of primary amides is 1. The fraction of sp³-hybridized carbons (Fsp3) is 0.364. The predicted molar refractivity (Wildman–Crippen MR) is 62.0 cm³/mol. The standard InChI is InChI=1S/C11H14N2O.ClH/c12-11(14)13-8-4-7-10(13)9-5-2-1-3-6-9;/h1-3,5-6,10H,4,7-8H2,(H2,12,14);1H. The fourth-order valence-corrected chi connectivity index (χ4v) is 2.05. The minimum absolute atomic E-state index is 0. The van der Waals surface area contributed by atoms with Gasteiger partial charge >= 0.3 is 6.03 Å². The molecular weight excluding hydrogens is 212 g/mol. The Labute approximate surface area is 95.7 Å². The lowest BCUT2D eigenvalue weighted by atomic mass is 10.1. The largest absolute Gasteiger partial charge is 0.351 e. The minimum Gasteiger partial charge on any atom is -0.351 e. The fourth-order valence-electron chi connectivity index (χ4n) is 2.05. The molecule has 1 fully saturated rings. The molecule has 1 aliphatic rings. The molecule has 1 aromatic carbocycles. The lowest BCUT2D eigenvalue weighted by Gasteiger charge is -2.22. The third-order valence-electron chi connectivity index (χ3n) is 2.72. The zero-order valence-corrected chi connectivity index (χ0v) is 9.24. The smallest absolute Gasteiger partial charge is 0.315 e. The number of likely N-dealkylation sites (tertiary alicyclic amines) is 1. The van der Waals surface area contributed by atoms with E-state index in [9.17, 15) is 4.79 Å². The van der Waals surface area contributed by atoms with Crippen LogP contribution in [-0.4, -0.2) is 17.5 Å². The van der Waals surface area contributed by atoms with Crippen LogP contribution in [0, 0.1) is 0 Å². The van der Waals surface area contributed by atoms with Crippen LogP contribution < -0.4 is 5.73 Å². The Balaban J connectivity index is 0.00000112. The number of nitrogens with two attached hydrogens (primary N) is 1. The molecule has 1 atom stereocenters. The number of benzene rings is 1. The normalized spacial score (nSPS) is 19.7. The summed E-state index contributed by atoms with van der Waals surface area (Å²) in [7, 11) is 0. The van der Waals surface area contributed by atoms with Crippen LogP contribution in [0.3, 0.4) is 0 Å². The Hall–Kier alpha value is -1.22. The summed E-state index contributed by atoms with van der Waals surface area (Å²) in [6.07, 6.45) is 2.06. The summed E-state index contributed by atoms with van der Waals surface area (Å²) in [5.74, 6) is 0. The van der Waals surface area contributed by atoms with Crippen LogP contribution in [0.25, 0.3) is 0 Å². The Morgan fingerprint density at radius 2 is 2.00 bits per heavy atom. The van der Waals surface area contributed by atoms with E-state index in [0.717, 1.165) is 19.4 Å². The van der Waals surface area contributed by atoms with Gasteiger partial charge in [0.05, 0.1) is 6.04 Å². The summed E-state index contributed by atoms with van der Waals surface area (Å²) in [6, 6.07) is 9.94. The Morgan fingerprint density at radius 3 is 2.60 bits per heavy atom. The van der Waals surface area contributed by atoms with Gasteiger partial charge in [0.2, 0.25) is 0 Å². The number of carbonyl (C=O) groups excluding carboxylic acids is 1. The van der Waals surface area contributed by atoms with Gasteiger partial charge in [0.1, 0.15) is 0 Å². The summed E-state index contributed by atoms with van der Waals surface area (Å²) < 4.78 is 0. The highest BCUT2D eigenvalue weighted by Gasteiger charge is 2.27. The van der Waals surface area contributed by atoms with Crippen LogP contribution in [0.4, 0.5) is 4.79 Å². The van der Waals surface area contributed by atoms with Crippen molar-refractivity contribution in [3.63, 3.8) is 0 Å². The van der Waals surface area contributed by atoms with Gasteiger partial charge in [-0.15, -0.1) is 12.4 Å². The molecule has 15 heavy (non-hydrogen) atoms. The van der Waals surface area contributed by atoms with Gasteiger partial charge in [-0.25, -0.2) is 4.79 Å². The van der Waals surface area contributed by atoms with E-state index in [1.807, 2.05) is 30.3 Å². The van der Waals surface area contributed by atoms with Crippen LogP contribution in [0.5, 0.6) is 0 Å². The highest BCUT2D eigenvalue weighted by Crippen LogP contribution is 2.30. The molecule has 4 heteroatoms. The van der Waals surface area contributed by atoms with Crippen molar-refractivity contribution >= 4 is 18.4 Å². The summed E-state index contributed by atoms with van der Waals surface area (Å²) >= 11 is 0. The van der Waals surface area contributed by atoms with Crippen molar-refractivity contribution < 1.29 is 4.79 Å². The molecule has 1 saturated heterocycles. The molecule has 1 aromatic rings. The van der Waals surface area contributed by atoms with E-state index in [2.05, 4.69) is 0 Å². The first-order valence-corrected chi connectivity index (χ1v) is 4.90. The van der Waals surface area contributed by atoms with E-state index in [-0.39, 0.29) is 24.5 Å². The number of carbonyl (C=O) groups is 1. The Kier molecular flexibility index (Phi) is 3.97. The van der Waals surface area contributed by atoms with Crippen molar-refractivity contribution in [3.8, 4) is 0 Å². The van der Waals surface area contributed by atoms with E-state index in [1.54, 1.807) is 4.90 Å². The average Bonchev–Trinajstić information content (AvgIpc) is 2.67. The van der Waals surface area contributed by atoms with Crippen LogP contribution in [0.15, 0.2) is 30.3 Å². The molecule has 1 heterocycles. The van der Waals surface area contributed by atoms with E-state index in [4.69, 9.17) is 5.73 Å². The first-order valence-electron chi connectivity index (χ1n) is 4.90. The van der Waals surface area contributed by atoms with Gasteiger partial charge in [0.25, 0.3) is 0 Å². The van der Waals surface area contributed by atoms with E-state index in [1.165, 1.54) is 5.56 Å². The molecule has 2 amide bonds. The van der Waals surface area contributed by atoms with Crippen LogP contribution >= 0.6 is 12.4 Å². The molecule has 0 aromatic heterocycles. The molecule has 1 unspecified atom stereocenters. The number of hydrogen-bond donors (Lipinski definition) is 1. The number of rotatable bonds is 1. The summed E-state index contributed by atoms with van der Waals surface area (Å²) in [5.41, 5.74) is 6.50. The maximum Gasteiger partial charge on any atom is 0.315 e. The van der Waals surface area contributed by atoms with Crippen molar-refractivity contribution in [2.24, 2.45) is 5.73 Å². The van der Waals surface area contributed by atoms with Crippen LogP contribution in [0.1, 0.15) is 24.4 Å². The third kappa shape index (κ3) is 2.42. The molecule has 3 nitrogen and oxygen atoms in total. The third-order valence-corrected chi connectivity index (χ3v) is 2.72. The van der Waals surface area contributed by atoms with Crippen molar-refractivity contribution in [2.75, 3.05) is 6.54 Å². The van der Waals surface area contributed by atoms with E-state index < -0.39 is 0 Å². The molecular formula is C11H15ClN2O.